The first-order valence-electron chi connectivity index (χ1n) is 6.75. The number of aromatic carboxylic acids is 1. The number of rotatable bonds is 2. The average Bonchev–Trinajstić information content (AvgIpc) is 2.49. The Labute approximate surface area is 121 Å². The SMILES string of the molecule is CC1C(=O)NCCN1c1cc(C(=O)O)nc2ccccc12. The second-order valence-corrected chi connectivity index (χ2v) is 5.01. The Balaban J connectivity index is 2.20. The minimum Gasteiger partial charge on any atom is -0.477 e. The number of para-hydroxylation sites is 1. The van der Waals surface area contributed by atoms with Crippen molar-refractivity contribution in [2.45, 2.75) is 13.0 Å². The molecule has 1 fully saturated rings. The molecule has 108 valence electrons. The molecule has 1 atom stereocenters. The van der Waals surface area contributed by atoms with E-state index in [1.54, 1.807) is 12.1 Å². The van der Waals surface area contributed by atoms with E-state index in [2.05, 4.69) is 10.3 Å². The quantitative estimate of drug-likeness (QED) is 0.868. The molecule has 1 aromatic carbocycles. The molecule has 1 aliphatic heterocycles. The Morgan fingerprint density at radius 2 is 2.19 bits per heavy atom. The highest BCUT2D eigenvalue weighted by Crippen LogP contribution is 2.29. The zero-order chi connectivity index (χ0) is 15.0. The van der Waals surface area contributed by atoms with Gasteiger partial charge in [0.05, 0.1) is 5.52 Å². The number of carbonyl (C=O) groups is 2. The number of piperazine rings is 1. The first kappa shape index (κ1) is 13.4. The van der Waals surface area contributed by atoms with E-state index in [0.29, 0.717) is 18.6 Å². The molecule has 0 saturated carbocycles. The van der Waals surface area contributed by atoms with Gasteiger partial charge in [0.2, 0.25) is 5.91 Å². The summed E-state index contributed by atoms with van der Waals surface area (Å²) >= 11 is 0. The van der Waals surface area contributed by atoms with Crippen LogP contribution in [0.5, 0.6) is 0 Å². The van der Waals surface area contributed by atoms with E-state index < -0.39 is 5.97 Å². The molecule has 21 heavy (non-hydrogen) atoms. The van der Waals surface area contributed by atoms with Gasteiger partial charge in [-0.05, 0) is 19.1 Å². The Bertz CT molecular complexity index is 729. The zero-order valence-corrected chi connectivity index (χ0v) is 11.5. The Hall–Kier alpha value is -2.63. The lowest BCUT2D eigenvalue weighted by atomic mass is 10.1. The third-order valence-corrected chi connectivity index (χ3v) is 3.72. The summed E-state index contributed by atoms with van der Waals surface area (Å²) in [7, 11) is 0. The van der Waals surface area contributed by atoms with Crippen LogP contribution in [0.25, 0.3) is 10.9 Å². The van der Waals surface area contributed by atoms with Gasteiger partial charge in [0, 0.05) is 24.2 Å². The molecular weight excluding hydrogens is 270 g/mol. The molecule has 0 spiro atoms. The van der Waals surface area contributed by atoms with Crippen LogP contribution in [0.1, 0.15) is 17.4 Å². The lowest BCUT2D eigenvalue weighted by Gasteiger charge is -2.35. The molecule has 6 nitrogen and oxygen atoms in total. The van der Waals surface area contributed by atoms with Crippen molar-refractivity contribution in [3.63, 3.8) is 0 Å². The van der Waals surface area contributed by atoms with Gasteiger partial charge in [0.1, 0.15) is 6.04 Å². The smallest absolute Gasteiger partial charge is 0.354 e. The van der Waals surface area contributed by atoms with Gasteiger partial charge in [-0.25, -0.2) is 9.78 Å². The lowest BCUT2D eigenvalue weighted by Crippen LogP contribution is -2.54. The number of aromatic nitrogens is 1. The van der Waals surface area contributed by atoms with E-state index in [0.717, 1.165) is 11.1 Å². The van der Waals surface area contributed by atoms with Crippen molar-refractivity contribution in [1.29, 1.82) is 0 Å². The highest BCUT2D eigenvalue weighted by atomic mass is 16.4. The molecule has 1 saturated heterocycles. The third-order valence-electron chi connectivity index (χ3n) is 3.72. The van der Waals surface area contributed by atoms with Crippen LogP contribution in [0.15, 0.2) is 30.3 Å². The largest absolute Gasteiger partial charge is 0.477 e. The second kappa shape index (κ2) is 5.05. The predicted octanol–water partition coefficient (Wildman–Crippen LogP) is 1.26. The number of fused-ring (bicyclic) bond motifs is 1. The summed E-state index contributed by atoms with van der Waals surface area (Å²) in [5.41, 5.74) is 1.34. The monoisotopic (exact) mass is 285 g/mol. The molecule has 1 amide bonds. The van der Waals surface area contributed by atoms with Crippen LogP contribution >= 0.6 is 0 Å². The van der Waals surface area contributed by atoms with Crippen LogP contribution in [-0.2, 0) is 4.79 Å². The predicted molar refractivity (Wildman–Crippen MR) is 78.5 cm³/mol. The van der Waals surface area contributed by atoms with E-state index in [-0.39, 0.29) is 17.6 Å². The van der Waals surface area contributed by atoms with Crippen LogP contribution in [0.4, 0.5) is 5.69 Å². The number of nitrogens with one attached hydrogen (secondary N) is 1. The van der Waals surface area contributed by atoms with Gasteiger partial charge >= 0.3 is 5.97 Å². The number of carboxylic acids is 1. The normalized spacial score (nSPS) is 18.6. The van der Waals surface area contributed by atoms with Crippen LogP contribution in [0.2, 0.25) is 0 Å². The summed E-state index contributed by atoms with van der Waals surface area (Å²) in [5.74, 6) is -1.13. The molecule has 6 heteroatoms. The summed E-state index contributed by atoms with van der Waals surface area (Å²) in [4.78, 5) is 29.2. The lowest BCUT2D eigenvalue weighted by molar-refractivity contribution is -0.122. The average molecular weight is 285 g/mol. The molecule has 0 bridgehead atoms. The number of hydrogen-bond donors (Lipinski definition) is 2. The van der Waals surface area contributed by atoms with Crippen LogP contribution in [-0.4, -0.2) is 41.1 Å². The molecule has 2 aromatic rings. The molecule has 1 aromatic heterocycles. The van der Waals surface area contributed by atoms with Gasteiger partial charge < -0.3 is 15.3 Å². The summed E-state index contributed by atoms with van der Waals surface area (Å²) in [5, 5.41) is 12.9. The zero-order valence-electron chi connectivity index (χ0n) is 11.5. The fourth-order valence-corrected chi connectivity index (χ4v) is 2.62. The van der Waals surface area contributed by atoms with E-state index in [1.807, 2.05) is 30.0 Å². The number of benzene rings is 1. The Kier molecular flexibility index (Phi) is 3.21. The summed E-state index contributed by atoms with van der Waals surface area (Å²) in [6.07, 6.45) is 0. The fourth-order valence-electron chi connectivity index (χ4n) is 2.62. The van der Waals surface area contributed by atoms with E-state index >= 15 is 0 Å². The number of anilines is 1. The van der Waals surface area contributed by atoms with Gasteiger partial charge in [-0.1, -0.05) is 18.2 Å². The third kappa shape index (κ3) is 2.29. The maximum Gasteiger partial charge on any atom is 0.354 e. The molecule has 0 aliphatic carbocycles. The molecular formula is C15H15N3O3. The van der Waals surface area contributed by atoms with Crippen molar-refractivity contribution in [2.24, 2.45) is 0 Å². The van der Waals surface area contributed by atoms with Gasteiger partial charge in [0.15, 0.2) is 5.69 Å². The van der Waals surface area contributed by atoms with Crippen molar-refractivity contribution in [3.05, 3.63) is 36.0 Å². The summed E-state index contributed by atoms with van der Waals surface area (Å²) < 4.78 is 0. The Morgan fingerprint density at radius 3 is 2.95 bits per heavy atom. The van der Waals surface area contributed by atoms with Gasteiger partial charge in [-0.3, -0.25) is 4.79 Å². The number of hydrogen-bond acceptors (Lipinski definition) is 4. The molecule has 2 heterocycles. The standard InChI is InChI=1S/C15H15N3O3/c1-9-14(19)16-6-7-18(9)13-8-12(15(20)21)17-11-5-3-2-4-10(11)13/h2-5,8-9H,6-7H2,1H3,(H,16,19)(H,20,21). The number of pyridine rings is 1. The molecule has 0 radical (unpaired) electrons. The Morgan fingerprint density at radius 1 is 1.43 bits per heavy atom. The first-order chi connectivity index (χ1) is 10.1. The highest BCUT2D eigenvalue weighted by Gasteiger charge is 2.27. The molecule has 1 unspecified atom stereocenters. The maximum atomic E-state index is 11.8. The van der Waals surface area contributed by atoms with Crippen molar-refractivity contribution >= 4 is 28.5 Å². The number of carboxylic acid groups (broad SMARTS) is 1. The van der Waals surface area contributed by atoms with Crippen LogP contribution in [0, 0.1) is 0 Å². The number of amides is 1. The van der Waals surface area contributed by atoms with Crippen molar-refractivity contribution in [2.75, 3.05) is 18.0 Å². The minimum atomic E-state index is -1.07. The van der Waals surface area contributed by atoms with E-state index in [1.165, 1.54) is 0 Å². The first-order valence-corrected chi connectivity index (χ1v) is 6.75. The van der Waals surface area contributed by atoms with E-state index in [9.17, 15) is 14.7 Å². The summed E-state index contributed by atoms with van der Waals surface area (Å²) in [6.45, 7) is 2.99. The molecule has 3 rings (SSSR count). The van der Waals surface area contributed by atoms with Crippen molar-refractivity contribution in [1.82, 2.24) is 10.3 Å². The van der Waals surface area contributed by atoms with E-state index in [4.69, 9.17) is 0 Å². The van der Waals surface area contributed by atoms with Crippen molar-refractivity contribution in [3.8, 4) is 0 Å². The van der Waals surface area contributed by atoms with Crippen LogP contribution in [0.3, 0.4) is 0 Å². The van der Waals surface area contributed by atoms with Crippen LogP contribution < -0.4 is 10.2 Å². The van der Waals surface area contributed by atoms with Crippen molar-refractivity contribution < 1.29 is 14.7 Å². The topological polar surface area (TPSA) is 82.5 Å². The second-order valence-electron chi connectivity index (χ2n) is 5.01. The summed E-state index contributed by atoms with van der Waals surface area (Å²) in [6, 6.07) is 8.56. The number of nitrogens with zero attached hydrogens (tertiary/aromatic N) is 2. The van der Waals surface area contributed by atoms with Gasteiger partial charge in [-0.15, -0.1) is 0 Å². The molecule has 2 N–H and O–H groups in total. The number of carbonyl (C=O) groups excluding carboxylic acids is 1. The highest BCUT2D eigenvalue weighted by molar-refractivity contribution is 5.99. The fraction of sp³-hybridized carbons (Fsp3) is 0.267. The van der Waals surface area contributed by atoms with Gasteiger partial charge in [-0.2, -0.15) is 0 Å². The molecule has 1 aliphatic rings. The van der Waals surface area contributed by atoms with Gasteiger partial charge in [0.25, 0.3) is 0 Å². The maximum absolute atomic E-state index is 11.8. The minimum absolute atomic E-state index is 0.0121.